The van der Waals surface area contributed by atoms with E-state index in [2.05, 4.69) is 50.1 Å². The van der Waals surface area contributed by atoms with E-state index in [1.807, 2.05) is 55.1 Å². The van der Waals surface area contributed by atoms with E-state index >= 15 is 0 Å². The standard InChI is InChI=1S/C28H31N7O/c1-3-34-19-28(12-26(34)36)9-7-25(8-10-28)35-18-24(16-32-35)22-13-29-27(30-14-22)21-6-4-5-20(11-21)23-15-31-33(2)17-23/h4-6,11,13-18,25H,3,7-10,12,19H2,1-2H3. The summed E-state index contributed by atoms with van der Waals surface area (Å²) in [5.41, 5.74) is 5.30. The second kappa shape index (κ2) is 9.00. The predicted octanol–water partition coefficient (Wildman–Crippen LogP) is 4.76. The summed E-state index contributed by atoms with van der Waals surface area (Å²) in [6, 6.07) is 8.60. The first kappa shape index (κ1) is 22.6. The Labute approximate surface area is 211 Å². The minimum atomic E-state index is 0.178. The van der Waals surface area contributed by atoms with Gasteiger partial charge >= 0.3 is 0 Å². The number of hydrogen-bond acceptors (Lipinski definition) is 5. The summed E-state index contributed by atoms with van der Waals surface area (Å²) in [5.74, 6) is 1.02. The molecule has 1 aromatic carbocycles. The van der Waals surface area contributed by atoms with Crippen LogP contribution in [0, 0.1) is 5.41 Å². The van der Waals surface area contributed by atoms with Crippen molar-refractivity contribution >= 4 is 5.91 Å². The minimum Gasteiger partial charge on any atom is -0.342 e. The van der Waals surface area contributed by atoms with Crippen molar-refractivity contribution in [3.05, 3.63) is 61.4 Å². The SMILES string of the molecule is CCN1CC2(CCC(n3cc(-c4cnc(-c5cccc(-c6cnn(C)c6)c5)nc4)cn3)CC2)CC1=O. The third-order valence-corrected chi connectivity index (χ3v) is 7.92. The van der Waals surface area contributed by atoms with Crippen LogP contribution < -0.4 is 0 Å². The molecule has 36 heavy (non-hydrogen) atoms. The van der Waals surface area contributed by atoms with Crippen LogP contribution >= 0.6 is 0 Å². The second-order valence-electron chi connectivity index (χ2n) is 10.3. The number of carbonyl (C=O) groups is 1. The Morgan fingerprint density at radius 2 is 1.64 bits per heavy atom. The van der Waals surface area contributed by atoms with Crippen LogP contribution in [0.5, 0.6) is 0 Å². The Bertz CT molecular complexity index is 1380. The molecule has 1 aliphatic carbocycles. The third kappa shape index (κ3) is 4.21. The molecule has 1 spiro atoms. The van der Waals surface area contributed by atoms with Gasteiger partial charge in [0, 0.05) is 73.6 Å². The van der Waals surface area contributed by atoms with Crippen LogP contribution in [-0.2, 0) is 11.8 Å². The molecular formula is C28H31N7O. The average Bonchev–Trinajstić information content (AvgIpc) is 3.64. The van der Waals surface area contributed by atoms with Crippen molar-refractivity contribution in [1.82, 2.24) is 34.4 Å². The molecule has 1 aliphatic heterocycles. The first-order valence-electron chi connectivity index (χ1n) is 12.8. The van der Waals surface area contributed by atoms with Crippen molar-refractivity contribution in [2.75, 3.05) is 13.1 Å². The number of carbonyl (C=O) groups excluding carboxylic acids is 1. The predicted molar refractivity (Wildman–Crippen MR) is 138 cm³/mol. The fourth-order valence-electron chi connectivity index (χ4n) is 5.81. The molecule has 0 atom stereocenters. The number of aromatic nitrogens is 6. The van der Waals surface area contributed by atoms with E-state index in [4.69, 9.17) is 0 Å². The van der Waals surface area contributed by atoms with E-state index in [0.29, 0.717) is 24.2 Å². The maximum atomic E-state index is 12.3. The molecule has 1 saturated heterocycles. The molecule has 4 heterocycles. The minimum absolute atomic E-state index is 0.178. The van der Waals surface area contributed by atoms with E-state index in [-0.39, 0.29) is 5.41 Å². The molecule has 6 rings (SSSR count). The summed E-state index contributed by atoms with van der Waals surface area (Å²) >= 11 is 0. The number of rotatable bonds is 5. The molecule has 2 fully saturated rings. The van der Waals surface area contributed by atoms with Gasteiger partial charge < -0.3 is 4.90 Å². The van der Waals surface area contributed by atoms with Gasteiger partial charge in [0.05, 0.1) is 18.4 Å². The van der Waals surface area contributed by atoms with Crippen molar-refractivity contribution in [2.24, 2.45) is 12.5 Å². The summed E-state index contributed by atoms with van der Waals surface area (Å²) < 4.78 is 3.90. The zero-order chi connectivity index (χ0) is 24.7. The molecule has 0 radical (unpaired) electrons. The topological polar surface area (TPSA) is 81.7 Å². The Morgan fingerprint density at radius 3 is 2.33 bits per heavy atom. The van der Waals surface area contributed by atoms with Crippen molar-refractivity contribution in [3.63, 3.8) is 0 Å². The van der Waals surface area contributed by atoms with Crippen molar-refractivity contribution in [2.45, 2.75) is 45.1 Å². The Kier molecular flexibility index (Phi) is 5.66. The number of likely N-dealkylation sites (tertiary alicyclic amines) is 1. The van der Waals surface area contributed by atoms with E-state index < -0.39 is 0 Å². The Hall–Kier alpha value is -3.81. The molecule has 184 valence electrons. The highest BCUT2D eigenvalue weighted by molar-refractivity contribution is 5.79. The average molecular weight is 482 g/mol. The van der Waals surface area contributed by atoms with Gasteiger partial charge in [0.25, 0.3) is 0 Å². The van der Waals surface area contributed by atoms with Crippen LogP contribution in [0.2, 0.25) is 0 Å². The molecule has 1 saturated carbocycles. The highest BCUT2D eigenvalue weighted by atomic mass is 16.2. The van der Waals surface area contributed by atoms with Crippen LogP contribution in [0.15, 0.2) is 61.4 Å². The fraction of sp³-hybridized carbons (Fsp3) is 0.393. The first-order valence-corrected chi connectivity index (χ1v) is 12.8. The lowest BCUT2D eigenvalue weighted by atomic mass is 9.72. The Morgan fingerprint density at radius 1 is 0.917 bits per heavy atom. The molecule has 0 bridgehead atoms. The zero-order valence-corrected chi connectivity index (χ0v) is 20.8. The third-order valence-electron chi connectivity index (χ3n) is 7.92. The smallest absolute Gasteiger partial charge is 0.223 e. The van der Waals surface area contributed by atoms with Gasteiger partial charge in [-0.2, -0.15) is 10.2 Å². The Balaban J connectivity index is 1.14. The van der Waals surface area contributed by atoms with E-state index in [0.717, 1.165) is 66.6 Å². The number of nitrogens with zero attached hydrogens (tertiary/aromatic N) is 7. The number of aryl methyl sites for hydroxylation is 1. The monoisotopic (exact) mass is 481 g/mol. The molecular weight excluding hydrogens is 450 g/mol. The summed E-state index contributed by atoms with van der Waals surface area (Å²) in [6.45, 7) is 3.82. The number of hydrogen-bond donors (Lipinski definition) is 0. The molecule has 3 aromatic heterocycles. The van der Waals surface area contributed by atoms with Gasteiger partial charge in [-0.15, -0.1) is 0 Å². The molecule has 8 nitrogen and oxygen atoms in total. The van der Waals surface area contributed by atoms with Crippen molar-refractivity contribution in [3.8, 4) is 33.6 Å². The van der Waals surface area contributed by atoms with Crippen LogP contribution in [0.25, 0.3) is 33.6 Å². The van der Waals surface area contributed by atoms with E-state index in [9.17, 15) is 4.79 Å². The normalized spacial score (nSPS) is 22.0. The van der Waals surface area contributed by atoms with E-state index in [1.165, 1.54) is 0 Å². The van der Waals surface area contributed by atoms with Crippen LogP contribution in [0.4, 0.5) is 0 Å². The highest BCUT2D eigenvalue weighted by Crippen LogP contribution is 2.47. The fourth-order valence-corrected chi connectivity index (χ4v) is 5.81. The van der Waals surface area contributed by atoms with Crippen molar-refractivity contribution < 1.29 is 4.79 Å². The van der Waals surface area contributed by atoms with Crippen LogP contribution in [-0.4, -0.2) is 53.4 Å². The molecule has 4 aromatic rings. The molecule has 1 amide bonds. The summed E-state index contributed by atoms with van der Waals surface area (Å²) in [6.07, 6.45) is 16.7. The van der Waals surface area contributed by atoms with Gasteiger partial charge in [-0.3, -0.25) is 14.2 Å². The van der Waals surface area contributed by atoms with Crippen LogP contribution in [0.1, 0.15) is 45.1 Å². The molecule has 0 N–H and O–H groups in total. The van der Waals surface area contributed by atoms with Gasteiger partial charge in [-0.25, -0.2) is 9.97 Å². The number of benzene rings is 1. The van der Waals surface area contributed by atoms with Gasteiger partial charge in [-0.1, -0.05) is 18.2 Å². The lowest BCUT2D eigenvalue weighted by molar-refractivity contribution is -0.127. The first-order chi connectivity index (χ1) is 17.5. The molecule has 8 heteroatoms. The summed E-state index contributed by atoms with van der Waals surface area (Å²) in [4.78, 5) is 23.6. The van der Waals surface area contributed by atoms with E-state index in [1.54, 1.807) is 4.68 Å². The van der Waals surface area contributed by atoms with Gasteiger partial charge in [0.15, 0.2) is 5.82 Å². The van der Waals surface area contributed by atoms with Crippen molar-refractivity contribution in [1.29, 1.82) is 0 Å². The van der Waals surface area contributed by atoms with Gasteiger partial charge in [-0.05, 0) is 49.7 Å². The maximum absolute atomic E-state index is 12.3. The van der Waals surface area contributed by atoms with Gasteiger partial charge in [0.1, 0.15) is 0 Å². The quantitative estimate of drug-likeness (QED) is 0.410. The second-order valence-corrected chi connectivity index (χ2v) is 10.3. The lowest BCUT2D eigenvalue weighted by Crippen LogP contribution is -2.32. The highest BCUT2D eigenvalue weighted by Gasteiger charge is 2.44. The summed E-state index contributed by atoms with van der Waals surface area (Å²) in [7, 11) is 1.92. The van der Waals surface area contributed by atoms with Gasteiger partial charge in [0.2, 0.25) is 5.91 Å². The largest absolute Gasteiger partial charge is 0.342 e. The summed E-state index contributed by atoms with van der Waals surface area (Å²) in [5, 5.41) is 8.95. The molecule has 0 unspecified atom stereocenters. The molecule has 2 aliphatic rings. The number of amides is 1. The maximum Gasteiger partial charge on any atom is 0.223 e. The zero-order valence-electron chi connectivity index (χ0n) is 20.8. The lowest BCUT2D eigenvalue weighted by Gasteiger charge is -2.36. The van der Waals surface area contributed by atoms with Crippen LogP contribution in [0.3, 0.4) is 0 Å².